The largest absolute Gasteiger partial charge is 0.310 e. The zero-order chi connectivity index (χ0) is 11.0. The molecule has 4 heteroatoms. The van der Waals surface area contributed by atoms with Crippen LogP contribution in [0, 0.1) is 0 Å². The number of fused-ring (bicyclic) bond motifs is 1. The smallest absolute Gasteiger partial charge is 0.132 e. The molecule has 1 atom stereocenters. The molecule has 0 radical (unpaired) electrons. The Hall–Kier alpha value is -1.06. The van der Waals surface area contributed by atoms with Crippen molar-refractivity contribution in [1.82, 2.24) is 15.5 Å². The van der Waals surface area contributed by atoms with Crippen molar-refractivity contribution in [3.05, 3.63) is 28.9 Å². The average Bonchev–Trinajstić information content (AvgIpc) is 2.73. The number of rotatable bonds is 1. The van der Waals surface area contributed by atoms with Crippen LogP contribution < -0.4 is 5.32 Å². The summed E-state index contributed by atoms with van der Waals surface area (Å²) in [4.78, 5) is 0. The first-order chi connectivity index (χ1) is 7.86. The van der Waals surface area contributed by atoms with Gasteiger partial charge in [0.2, 0.25) is 0 Å². The first kappa shape index (κ1) is 10.1. The number of piperidine rings is 1. The molecule has 0 spiro atoms. The minimum atomic E-state index is 0.424. The molecular formula is C12H14ClN3. The number of halogens is 1. The van der Waals surface area contributed by atoms with Gasteiger partial charge in [-0.2, -0.15) is 5.10 Å². The van der Waals surface area contributed by atoms with Crippen LogP contribution in [0.2, 0.25) is 5.15 Å². The molecule has 2 N–H and O–H groups in total. The van der Waals surface area contributed by atoms with E-state index in [0.717, 1.165) is 17.4 Å². The third kappa shape index (κ3) is 1.60. The maximum absolute atomic E-state index is 6.15. The second kappa shape index (κ2) is 4.07. The van der Waals surface area contributed by atoms with E-state index in [-0.39, 0.29) is 0 Å². The maximum atomic E-state index is 6.15. The standard InChI is InChI=1S/C12H14ClN3/c13-12-11-8(9-5-1-2-7-14-9)4-3-6-10(11)15-16-12/h3-4,6,9,14H,1-2,5,7H2,(H,15,16). The Balaban J connectivity index is 2.10. The number of aromatic amines is 1. The molecule has 3 nitrogen and oxygen atoms in total. The molecule has 1 unspecified atom stereocenters. The van der Waals surface area contributed by atoms with Gasteiger partial charge in [0, 0.05) is 11.4 Å². The van der Waals surface area contributed by atoms with E-state index in [1.807, 2.05) is 12.1 Å². The predicted molar refractivity (Wildman–Crippen MR) is 65.7 cm³/mol. The Kier molecular flexibility index (Phi) is 2.58. The van der Waals surface area contributed by atoms with Crippen LogP contribution >= 0.6 is 11.6 Å². The summed E-state index contributed by atoms with van der Waals surface area (Å²) in [6, 6.07) is 6.61. The van der Waals surface area contributed by atoms with E-state index >= 15 is 0 Å². The quantitative estimate of drug-likeness (QED) is 0.798. The molecule has 16 heavy (non-hydrogen) atoms. The fourth-order valence-corrected chi connectivity index (χ4v) is 2.71. The van der Waals surface area contributed by atoms with Crippen LogP contribution in [0.3, 0.4) is 0 Å². The van der Waals surface area contributed by atoms with Gasteiger partial charge in [-0.15, -0.1) is 0 Å². The van der Waals surface area contributed by atoms with Crippen molar-refractivity contribution in [1.29, 1.82) is 0 Å². The molecule has 0 amide bonds. The van der Waals surface area contributed by atoms with E-state index in [1.165, 1.54) is 24.8 Å². The predicted octanol–water partition coefficient (Wildman–Crippen LogP) is 3.03. The summed E-state index contributed by atoms with van der Waals surface area (Å²) in [5, 5.41) is 12.3. The highest BCUT2D eigenvalue weighted by Crippen LogP contribution is 2.32. The molecule has 1 aliphatic rings. The summed E-state index contributed by atoms with van der Waals surface area (Å²) >= 11 is 6.15. The van der Waals surface area contributed by atoms with Gasteiger partial charge in [-0.05, 0) is 31.0 Å². The van der Waals surface area contributed by atoms with Gasteiger partial charge in [0.15, 0.2) is 0 Å². The van der Waals surface area contributed by atoms with Crippen LogP contribution in [0.4, 0.5) is 0 Å². The Labute approximate surface area is 99.2 Å². The van der Waals surface area contributed by atoms with Gasteiger partial charge in [0.25, 0.3) is 0 Å². The molecule has 1 aromatic carbocycles. The molecule has 2 heterocycles. The molecule has 1 fully saturated rings. The molecule has 0 bridgehead atoms. The molecule has 2 aromatic rings. The highest BCUT2D eigenvalue weighted by atomic mass is 35.5. The van der Waals surface area contributed by atoms with Gasteiger partial charge >= 0.3 is 0 Å². The first-order valence-corrected chi connectivity index (χ1v) is 6.10. The van der Waals surface area contributed by atoms with Crippen LogP contribution in [0.15, 0.2) is 18.2 Å². The van der Waals surface area contributed by atoms with Crippen molar-refractivity contribution in [2.24, 2.45) is 0 Å². The van der Waals surface area contributed by atoms with E-state index in [2.05, 4.69) is 21.6 Å². The molecule has 1 aromatic heterocycles. The zero-order valence-electron chi connectivity index (χ0n) is 8.96. The lowest BCUT2D eigenvalue weighted by atomic mass is 9.95. The molecule has 0 aliphatic carbocycles. The van der Waals surface area contributed by atoms with Crippen molar-refractivity contribution < 1.29 is 0 Å². The highest BCUT2D eigenvalue weighted by molar-refractivity contribution is 6.34. The molecule has 3 rings (SSSR count). The molecule has 84 valence electrons. The number of hydrogen-bond donors (Lipinski definition) is 2. The van der Waals surface area contributed by atoms with E-state index < -0.39 is 0 Å². The van der Waals surface area contributed by atoms with E-state index in [0.29, 0.717) is 11.2 Å². The van der Waals surface area contributed by atoms with Crippen molar-refractivity contribution in [3.8, 4) is 0 Å². The summed E-state index contributed by atoms with van der Waals surface area (Å²) in [6.45, 7) is 1.09. The number of aromatic nitrogens is 2. The van der Waals surface area contributed by atoms with Crippen molar-refractivity contribution in [2.75, 3.05) is 6.54 Å². The maximum Gasteiger partial charge on any atom is 0.132 e. The number of hydrogen-bond acceptors (Lipinski definition) is 2. The molecular weight excluding hydrogens is 222 g/mol. The van der Waals surface area contributed by atoms with Gasteiger partial charge in [-0.1, -0.05) is 30.2 Å². The normalized spacial score (nSPS) is 21.4. The van der Waals surface area contributed by atoms with Crippen LogP contribution in [0.5, 0.6) is 0 Å². The van der Waals surface area contributed by atoms with Crippen molar-refractivity contribution in [3.63, 3.8) is 0 Å². The Morgan fingerprint density at radius 1 is 1.31 bits per heavy atom. The van der Waals surface area contributed by atoms with Gasteiger partial charge in [0.05, 0.1) is 5.52 Å². The lowest BCUT2D eigenvalue weighted by molar-refractivity contribution is 0.414. The van der Waals surface area contributed by atoms with E-state index in [1.54, 1.807) is 0 Å². The molecule has 1 aliphatic heterocycles. The summed E-state index contributed by atoms with van der Waals surface area (Å²) in [6.07, 6.45) is 3.73. The number of nitrogens with one attached hydrogen (secondary N) is 2. The number of nitrogens with zero attached hydrogens (tertiary/aromatic N) is 1. The summed E-state index contributed by atoms with van der Waals surface area (Å²) in [5.74, 6) is 0. The van der Waals surface area contributed by atoms with Crippen molar-refractivity contribution in [2.45, 2.75) is 25.3 Å². The minimum absolute atomic E-state index is 0.424. The van der Waals surface area contributed by atoms with E-state index in [4.69, 9.17) is 11.6 Å². The Bertz CT molecular complexity index is 500. The van der Waals surface area contributed by atoms with Gasteiger partial charge in [0.1, 0.15) is 5.15 Å². The van der Waals surface area contributed by atoms with Gasteiger partial charge < -0.3 is 5.32 Å². The van der Waals surface area contributed by atoms with Crippen LogP contribution in [-0.2, 0) is 0 Å². The third-order valence-corrected chi connectivity index (χ3v) is 3.53. The molecule has 1 saturated heterocycles. The zero-order valence-corrected chi connectivity index (χ0v) is 9.72. The first-order valence-electron chi connectivity index (χ1n) is 5.72. The summed E-state index contributed by atoms with van der Waals surface area (Å²) < 4.78 is 0. The fourth-order valence-electron chi connectivity index (χ4n) is 2.46. The number of benzene rings is 1. The van der Waals surface area contributed by atoms with E-state index in [9.17, 15) is 0 Å². The summed E-state index contributed by atoms with van der Waals surface area (Å²) in [7, 11) is 0. The van der Waals surface area contributed by atoms with Crippen molar-refractivity contribution >= 4 is 22.5 Å². The van der Waals surface area contributed by atoms with Crippen LogP contribution in [0.1, 0.15) is 30.9 Å². The monoisotopic (exact) mass is 235 g/mol. The third-order valence-electron chi connectivity index (χ3n) is 3.25. The molecule has 0 saturated carbocycles. The second-order valence-electron chi connectivity index (χ2n) is 4.28. The highest BCUT2D eigenvalue weighted by Gasteiger charge is 2.19. The minimum Gasteiger partial charge on any atom is -0.310 e. The Morgan fingerprint density at radius 2 is 2.25 bits per heavy atom. The fraction of sp³-hybridized carbons (Fsp3) is 0.417. The lowest BCUT2D eigenvalue weighted by Crippen LogP contribution is -2.26. The Morgan fingerprint density at radius 3 is 3.06 bits per heavy atom. The average molecular weight is 236 g/mol. The van der Waals surface area contributed by atoms with Gasteiger partial charge in [-0.25, -0.2) is 0 Å². The topological polar surface area (TPSA) is 40.7 Å². The summed E-state index contributed by atoms with van der Waals surface area (Å²) in [5.41, 5.74) is 2.23. The lowest BCUT2D eigenvalue weighted by Gasteiger charge is -2.24. The van der Waals surface area contributed by atoms with Crippen LogP contribution in [-0.4, -0.2) is 16.7 Å². The SMILES string of the molecule is Clc1[nH]nc2cccc(C3CCCCN3)c12. The van der Waals surface area contributed by atoms with Crippen LogP contribution in [0.25, 0.3) is 10.9 Å². The second-order valence-corrected chi connectivity index (χ2v) is 4.66. The number of H-pyrrole nitrogens is 1. The van der Waals surface area contributed by atoms with Gasteiger partial charge in [-0.3, -0.25) is 5.10 Å².